The third-order valence-electron chi connectivity index (χ3n) is 6.42. The van der Waals surface area contributed by atoms with E-state index in [1.807, 2.05) is 18.2 Å². The third kappa shape index (κ3) is 6.55. The number of carbonyl (C=O) groups excluding carboxylic acids is 1. The average Bonchev–Trinajstić information content (AvgIpc) is 2.99. The van der Waals surface area contributed by atoms with Crippen LogP contribution in [0, 0.1) is 11.3 Å². The lowest BCUT2D eigenvalue weighted by atomic mass is 9.83. The Morgan fingerprint density at radius 2 is 1.60 bits per heavy atom. The number of methoxy groups -OCH3 is 1. The minimum atomic E-state index is -0.614. The summed E-state index contributed by atoms with van der Waals surface area (Å²) in [5.74, 6) is 0.849. The van der Waals surface area contributed by atoms with Gasteiger partial charge in [-0.05, 0) is 65.7 Å². The Hall–Kier alpha value is -4.84. The van der Waals surface area contributed by atoms with Gasteiger partial charge in [-0.2, -0.15) is 5.26 Å². The largest absolute Gasteiger partial charge is 0.493 e. The van der Waals surface area contributed by atoms with E-state index in [1.165, 1.54) is 0 Å². The Morgan fingerprint density at radius 1 is 0.905 bits per heavy atom. The van der Waals surface area contributed by atoms with Gasteiger partial charge in [-0.15, -0.1) is 0 Å². The van der Waals surface area contributed by atoms with Crippen LogP contribution in [0.3, 0.4) is 0 Å². The van der Waals surface area contributed by atoms with Gasteiger partial charge in [-0.3, -0.25) is 0 Å². The lowest BCUT2D eigenvalue weighted by Crippen LogP contribution is -2.21. The molecule has 1 unspecified atom stereocenters. The molecule has 0 spiro atoms. The van der Waals surface area contributed by atoms with Crippen molar-refractivity contribution in [2.45, 2.75) is 12.5 Å². The SMILES string of the molecule is COc1cc(C2C(C#N)=C(N)Oc3cc(OC(=O)COc4ccc(Cl)cc4)ccc32)ccc1OCc1ccc(Cl)cc1. The number of nitrogens with zero attached hydrogens (tertiary/aromatic N) is 1. The highest BCUT2D eigenvalue weighted by Gasteiger charge is 2.32. The fourth-order valence-electron chi connectivity index (χ4n) is 4.40. The second-order valence-corrected chi connectivity index (χ2v) is 10.0. The first kappa shape index (κ1) is 28.7. The van der Waals surface area contributed by atoms with Gasteiger partial charge >= 0.3 is 5.97 Å². The van der Waals surface area contributed by atoms with Crippen LogP contribution in [0.25, 0.3) is 0 Å². The van der Waals surface area contributed by atoms with Crippen LogP contribution in [0.5, 0.6) is 28.7 Å². The zero-order valence-corrected chi connectivity index (χ0v) is 23.8. The quantitative estimate of drug-likeness (QED) is 0.165. The molecule has 5 rings (SSSR count). The van der Waals surface area contributed by atoms with Gasteiger partial charge in [0.1, 0.15) is 35.5 Å². The maximum atomic E-state index is 12.4. The number of esters is 1. The van der Waals surface area contributed by atoms with E-state index in [0.29, 0.717) is 45.2 Å². The molecule has 2 N–H and O–H groups in total. The summed E-state index contributed by atoms with van der Waals surface area (Å²) in [4.78, 5) is 12.4. The van der Waals surface area contributed by atoms with Gasteiger partial charge in [0.05, 0.1) is 13.0 Å². The van der Waals surface area contributed by atoms with Crippen molar-refractivity contribution in [3.63, 3.8) is 0 Å². The topological polar surface area (TPSA) is 113 Å². The molecule has 0 saturated carbocycles. The molecule has 0 aliphatic carbocycles. The molecule has 10 heteroatoms. The first-order valence-corrected chi connectivity index (χ1v) is 13.5. The van der Waals surface area contributed by atoms with Crippen LogP contribution in [0.15, 0.2) is 96.4 Å². The van der Waals surface area contributed by atoms with Crippen molar-refractivity contribution in [1.82, 2.24) is 0 Å². The van der Waals surface area contributed by atoms with E-state index in [4.69, 9.17) is 52.6 Å². The zero-order chi connectivity index (χ0) is 29.6. The van der Waals surface area contributed by atoms with E-state index in [-0.39, 0.29) is 23.8 Å². The van der Waals surface area contributed by atoms with Crippen LogP contribution in [0.2, 0.25) is 10.0 Å². The fourth-order valence-corrected chi connectivity index (χ4v) is 4.65. The van der Waals surface area contributed by atoms with E-state index in [0.717, 1.165) is 11.1 Å². The van der Waals surface area contributed by atoms with Crippen molar-refractivity contribution < 1.29 is 28.5 Å². The molecule has 8 nitrogen and oxygen atoms in total. The zero-order valence-electron chi connectivity index (χ0n) is 22.3. The van der Waals surface area contributed by atoms with E-state index in [2.05, 4.69) is 6.07 Å². The Labute approximate surface area is 252 Å². The van der Waals surface area contributed by atoms with Crippen molar-refractivity contribution in [3.8, 4) is 34.8 Å². The summed E-state index contributed by atoms with van der Waals surface area (Å²) in [7, 11) is 1.54. The molecule has 4 aromatic rings. The predicted octanol–water partition coefficient (Wildman–Crippen LogP) is 6.78. The number of halogens is 2. The lowest BCUT2D eigenvalue weighted by molar-refractivity contribution is -0.136. The van der Waals surface area contributed by atoms with Gasteiger partial charge in [-0.1, -0.05) is 47.5 Å². The number of allylic oxidation sites excluding steroid dienone is 1. The second-order valence-electron chi connectivity index (χ2n) is 9.17. The molecular weight excluding hydrogens is 579 g/mol. The number of benzene rings is 4. The molecule has 1 aliphatic heterocycles. The molecular formula is C32H24Cl2N2O6. The number of hydrogen-bond acceptors (Lipinski definition) is 8. The summed E-state index contributed by atoms with van der Waals surface area (Å²) in [5.41, 5.74) is 8.74. The predicted molar refractivity (Wildman–Crippen MR) is 157 cm³/mol. The summed E-state index contributed by atoms with van der Waals surface area (Å²) in [6.45, 7) is 0.00453. The lowest BCUT2D eigenvalue weighted by Gasteiger charge is -2.27. The summed E-state index contributed by atoms with van der Waals surface area (Å²) >= 11 is 11.8. The van der Waals surface area contributed by atoms with Crippen LogP contribution in [-0.2, 0) is 11.4 Å². The van der Waals surface area contributed by atoms with Gasteiger partial charge in [0.2, 0.25) is 5.88 Å². The molecule has 0 aromatic heterocycles. The van der Waals surface area contributed by atoms with Crippen LogP contribution in [0.4, 0.5) is 0 Å². The van der Waals surface area contributed by atoms with Crippen molar-refractivity contribution in [3.05, 3.63) is 123 Å². The van der Waals surface area contributed by atoms with Gasteiger partial charge in [-0.25, -0.2) is 4.79 Å². The summed E-state index contributed by atoms with van der Waals surface area (Å²) in [6.07, 6.45) is 0. The Morgan fingerprint density at radius 3 is 2.29 bits per heavy atom. The monoisotopic (exact) mass is 602 g/mol. The van der Waals surface area contributed by atoms with E-state index >= 15 is 0 Å². The van der Waals surface area contributed by atoms with Crippen molar-refractivity contribution in [2.75, 3.05) is 13.7 Å². The van der Waals surface area contributed by atoms with E-state index < -0.39 is 11.9 Å². The molecule has 42 heavy (non-hydrogen) atoms. The molecule has 0 bridgehead atoms. The maximum absolute atomic E-state index is 12.4. The van der Waals surface area contributed by atoms with Crippen LogP contribution in [-0.4, -0.2) is 19.7 Å². The fraction of sp³-hybridized carbons (Fsp3) is 0.125. The highest BCUT2D eigenvalue weighted by Crippen LogP contribution is 2.45. The average molecular weight is 603 g/mol. The molecule has 212 valence electrons. The molecule has 1 atom stereocenters. The maximum Gasteiger partial charge on any atom is 0.349 e. The first-order valence-electron chi connectivity index (χ1n) is 12.7. The molecule has 0 fully saturated rings. The highest BCUT2D eigenvalue weighted by molar-refractivity contribution is 6.30. The summed E-state index contributed by atoms with van der Waals surface area (Å²) in [5, 5.41) is 11.1. The number of rotatable bonds is 9. The number of nitriles is 1. The standard InChI is InChI=1S/C32H24Cl2N2O6/c1-38-29-14-20(4-13-27(29)40-17-19-2-5-21(33)6-3-19)31-25-12-11-24(15-28(25)42-32(36)26(31)16-35)41-30(37)18-39-23-9-7-22(34)8-10-23/h2-15,31H,17-18,36H2,1H3. The number of carbonyl (C=O) groups is 1. The summed E-state index contributed by atoms with van der Waals surface area (Å²) < 4.78 is 28.2. The van der Waals surface area contributed by atoms with E-state index in [9.17, 15) is 10.1 Å². The molecule has 0 saturated heterocycles. The molecule has 1 aliphatic rings. The summed E-state index contributed by atoms with van der Waals surface area (Å²) in [6, 6.07) is 26.4. The van der Waals surface area contributed by atoms with Crippen LogP contribution in [0.1, 0.15) is 22.6 Å². The minimum Gasteiger partial charge on any atom is -0.493 e. The Bertz CT molecular complexity index is 1680. The Balaban J connectivity index is 1.35. The first-order chi connectivity index (χ1) is 20.3. The van der Waals surface area contributed by atoms with Gasteiger partial charge < -0.3 is 29.4 Å². The highest BCUT2D eigenvalue weighted by atomic mass is 35.5. The number of ether oxygens (including phenoxy) is 5. The third-order valence-corrected chi connectivity index (χ3v) is 6.93. The second kappa shape index (κ2) is 12.8. The van der Waals surface area contributed by atoms with Gasteiger partial charge in [0.25, 0.3) is 0 Å². The molecule has 0 radical (unpaired) electrons. The molecule has 0 amide bonds. The van der Waals surface area contributed by atoms with Crippen LogP contribution >= 0.6 is 23.2 Å². The molecule has 1 heterocycles. The number of fused-ring (bicyclic) bond motifs is 1. The van der Waals surface area contributed by atoms with Crippen molar-refractivity contribution in [2.24, 2.45) is 5.73 Å². The van der Waals surface area contributed by atoms with Gasteiger partial charge in [0.15, 0.2) is 18.1 Å². The normalized spacial score (nSPS) is 13.8. The van der Waals surface area contributed by atoms with Crippen molar-refractivity contribution >= 4 is 29.2 Å². The number of hydrogen-bond donors (Lipinski definition) is 1. The Kier molecular flexibility index (Phi) is 8.72. The minimum absolute atomic E-state index is 0.0495. The smallest absolute Gasteiger partial charge is 0.349 e. The van der Waals surface area contributed by atoms with Crippen LogP contribution < -0.4 is 29.4 Å². The van der Waals surface area contributed by atoms with Gasteiger partial charge in [0, 0.05) is 21.7 Å². The number of nitrogens with two attached hydrogens (primary N) is 1. The van der Waals surface area contributed by atoms with Crippen molar-refractivity contribution in [1.29, 1.82) is 5.26 Å². The molecule has 4 aromatic carbocycles. The van der Waals surface area contributed by atoms with E-state index in [1.54, 1.807) is 73.8 Å².